The highest BCUT2D eigenvalue weighted by Crippen LogP contribution is 2.54. The molecule has 3 amide bonds. The summed E-state index contributed by atoms with van der Waals surface area (Å²) in [5, 5.41) is 16.3. The Bertz CT molecular complexity index is 1530. The summed E-state index contributed by atoms with van der Waals surface area (Å²) < 4.78 is 10.8. The molecule has 2 saturated heterocycles. The zero-order chi connectivity index (χ0) is 26.2. The Morgan fingerprint density at radius 1 is 0.974 bits per heavy atom. The maximum absolute atomic E-state index is 14.0. The van der Waals surface area contributed by atoms with E-state index in [2.05, 4.69) is 10.6 Å². The minimum Gasteiger partial charge on any atom is -0.508 e. The van der Waals surface area contributed by atoms with Crippen LogP contribution in [0.5, 0.6) is 17.2 Å². The van der Waals surface area contributed by atoms with E-state index in [1.54, 1.807) is 60.7 Å². The number of carbonyl (C=O) groups is 3. The summed E-state index contributed by atoms with van der Waals surface area (Å²) in [4.78, 5) is 42.9. The van der Waals surface area contributed by atoms with Crippen LogP contribution in [0.2, 0.25) is 5.02 Å². The number of imide groups is 1. The Morgan fingerprint density at radius 3 is 2.55 bits per heavy atom. The average Bonchev–Trinajstić information content (AvgIpc) is 3.63. The van der Waals surface area contributed by atoms with Crippen molar-refractivity contribution in [1.82, 2.24) is 10.2 Å². The number of rotatable bonds is 4. The van der Waals surface area contributed by atoms with Crippen molar-refractivity contribution >= 4 is 35.0 Å². The number of hydrogen-bond donors (Lipinski definition) is 3. The van der Waals surface area contributed by atoms with E-state index in [-0.39, 0.29) is 25.0 Å². The molecular weight excluding hydrogens is 510 g/mol. The summed E-state index contributed by atoms with van der Waals surface area (Å²) in [6, 6.07) is 16.6. The molecule has 38 heavy (non-hydrogen) atoms. The van der Waals surface area contributed by atoms with Gasteiger partial charge in [-0.25, -0.2) is 0 Å². The van der Waals surface area contributed by atoms with Crippen molar-refractivity contribution in [2.24, 2.45) is 11.8 Å². The largest absolute Gasteiger partial charge is 0.508 e. The van der Waals surface area contributed by atoms with Gasteiger partial charge in [0.15, 0.2) is 11.5 Å². The first-order valence-electron chi connectivity index (χ1n) is 12.3. The molecule has 3 aromatic rings. The Hall–Kier alpha value is -4.08. The number of para-hydroxylation sites is 1. The SMILES string of the molecule is O=C1[C@@H]2[C@H](Cc3ccc(O)cc3)N[C@@]3(C(=O)Nc4c(Cl)cccc43)[C@@H]2C(=O)N1Cc1ccc2c(c1)OCO2. The Balaban J connectivity index is 1.30. The number of ether oxygens (including phenoxy) is 2. The number of carbonyl (C=O) groups excluding carboxylic acids is 3. The summed E-state index contributed by atoms with van der Waals surface area (Å²) in [6.45, 7) is 0.169. The molecular formula is C28H22ClN3O6. The summed E-state index contributed by atoms with van der Waals surface area (Å²) in [7, 11) is 0. The molecule has 2 fully saturated rings. The summed E-state index contributed by atoms with van der Waals surface area (Å²) >= 11 is 6.42. The lowest BCUT2D eigenvalue weighted by atomic mass is 9.76. The number of halogens is 1. The predicted molar refractivity (Wildman–Crippen MR) is 136 cm³/mol. The lowest BCUT2D eigenvalue weighted by Gasteiger charge is -2.29. The van der Waals surface area contributed by atoms with Crippen LogP contribution in [-0.2, 0) is 32.9 Å². The number of amides is 3. The maximum Gasteiger partial charge on any atom is 0.250 e. The predicted octanol–water partition coefficient (Wildman–Crippen LogP) is 2.94. The standard InChI is InChI=1S/C28H22ClN3O6/c29-18-3-1-2-17-24(18)30-27(36)28(17)23-22(19(31-28)10-14-4-7-16(33)8-5-14)25(34)32(26(23)35)12-15-6-9-20-21(11-15)38-13-37-20/h1-9,11,19,22-23,31,33H,10,12-13H2,(H,30,36)/t19-,22+,23-,28+/m0/s1. The number of hydrogen-bond acceptors (Lipinski definition) is 7. The van der Waals surface area contributed by atoms with Crippen LogP contribution in [0.15, 0.2) is 60.7 Å². The third-order valence-electron chi connectivity index (χ3n) is 7.96. The van der Waals surface area contributed by atoms with Gasteiger partial charge in [0.1, 0.15) is 11.3 Å². The molecule has 3 N–H and O–H groups in total. The number of benzene rings is 3. The quantitative estimate of drug-likeness (QED) is 0.443. The average molecular weight is 532 g/mol. The van der Waals surface area contributed by atoms with Crippen molar-refractivity contribution in [3.05, 3.63) is 82.4 Å². The normalized spacial score (nSPS) is 26.7. The number of nitrogens with one attached hydrogen (secondary N) is 2. The van der Waals surface area contributed by atoms with E-state index >= 15 is 0 Å². The van der Waals surface area contributed by atoms with Gasteiger partial charge in [-0.3, -0.25) is 24.6 Å². The first kappa shape index (κ1) is 23.1. The van der Waals surface area contributed by atoms with E-state index < -0.39 is 35.2 Å². The fraction of sp³-hybridized carbons (Fsp3) is 0.250. The monoisotopic (exact) mass is 531 g/mol. The molecule has 0 aliphatic carbocycles. The van der Waals surface area contributed by atoms with Crippen molar-refractivity contribution in [2.75, 3.05) is 12.1 Å². The molecule has 1 spiro atoms. The molecule has 4 aliphatic heterocycles. The molecule has 0 aromatic heterocycles. The fourth-order valence-corrected chi connectivity index (χ4v) is 6.51. The number of nitrogens with zero attached hydrogens (tertiary/aromatic N) is 1. The highest BCUT2D eigenvalue weighted by Gasteiger charge is 2.70. The van der Waals surface area contributed by atoms with Crippen LogP contribution in [0.4, 0.5) is 5.69 Å². The van der Waals surface area contributed by atoms with Gasteiger partial charge < -0.3 is 19.9 Å². The first-order valence-corrected chi connectivity index (χ1v) is 12.6. The maximum atomic E-state index is 14.0. The first-order chi connectivity index (χ1) is 18.4. The van der Waals surface area contributed by atoms with Crippen LogP contribution in [0.25, 0.3) is 0 Å². The highest BCUT2D eigenvalue weighted by atomic mass is 35.5. The van der Waals surface area contributed by atoms with Gasteiger partial charge in [-0.1, -0.05) is 41.9 Å². The van der Waals surface area contributed by atoms with Crippen molar-refractivity contribution in [3.63, 3.8) is 0 Å². The van der Waals surface area contributed by atoms with Crippen LogP contribution in [0.3, 0.4) is 0 Å². The molecule has 9 nitrogen and oxygen atoms in total. The van der Waals surface area contributed by atoms with Gasteiger partial charge in [0.2, 0.25) is 24.5 Å². The summed E-state index contributed by atoms with van der Waals surface area (Å²) in [6.07, 6.45) is 0.378. The van der Waals surface area contributed by atoms with Crippen molar-refractivity contribution in [2.45, 2.75) is 24.5 Å². The molecule has 192 valence electrons. The van der Waals surface area contributed by atoms with Crippen LogP contribution >= 0.6 is 11.6 Å². The third kappa shape index (κ3) is 3.18. The lowest BCUT2D eigenvalue weighted by molar-refractivity contribution is -0.143. The smallest absolute Gasteiger partial charge is 0.250 e. The number of anilines is 1. The fourth-order valence-electron chi connectivity index (χ4n) is 6.29. The molecule has 3 aromatic carbocycles. The van der Waals surface area contributed by atoms with Crippen molar-refractivity contribution in [1.29, 1.82) is 0 Å². The molecule has 0 saturated carbocycles. The number of likely N-dealkylation sites (tertiary alicyclic amines) is 1. The van der Waals surface area contributed by atoms with Crippen LogP contribution in [-0.4, -0.2) is 40.6 Å². The molecule has 10 heteroatoms. The highest BCUT2D eigenvalue weighted by molar-refractivity contribution is 6.35. The second kappa shape index (κ2) is 8.21. The zero-order valence-electron chi connectivity index (χ0n) is 19.9. The van der Waals surface area contributed by atoms with E-state index in [1.807, 2.05) is 0 Å². The van der Waals surface area contributed by atoms with Crippen molar-refractivity contribution < 1.29 is 29.0 Å². The molecule has 4 heterocycles. The Kier molecular flexibility index (Phi) is 4.98. The van der Waals surface area contributed by atoms with Gasteiger partial charge >= 0.3 is 0 Å². The van der Waals surface area contributed by atoms with Gasteiger partial charge in [-0.2, -0.15) is 0 Å². The lowest BCUT2D eigenvalue weighted by Crippen LogP contribution is -2.53. The number of aromatic hydroxyl groups is 1. The Morgan fingerprint density at radius 2 is 1.74 bits per heavy atom. The number of phenolic OH excluding ortho intramolecular Hbond substituents is 1. The van der Waals surface area contributed by atoms with E-state index in [4.69, 9.17) is 21.1 Å². The number of fused-ring (bicyclic) bond motifs is 5. The van der Waals surface area contributed by atoms with E-state index in [0.29, 0.717) is 39.8 Å². The second-order valence-electron chi connectivity index (χ2n) is 10.00. The number of phenols is 1. The zero-order valence-corrected chi connectivity index (χ0v) is 20.7. The minimum absolute atomic E-state index is 0.0489. The minimum atomic E-state index is -1.44. The van der Waals surface area contributed by atoms with Crippen LogP contribution < -0.4 is 20.1 Å². The van der Waals surface area contributed by atoms with Gasteiger partial charge in [-0.15, -0.1) is 0 Å². The molecule has 0 radical (unpaired) electrons. The van der Waals surface area contributed by atoms with Gasteiger partial charge in [-0.05, 0) is 47.9 Å². The molecule has 0 unspecified atom stereocenters. The topological polar surface area (TPSA) is 117 Å². The van der Waals surface area contributed by atoms with Gasteiger partial charge in [0, 0.05) is 11.6 Å². The van der Waals surface area contributed by atoms with E-state index in [9.17, 15) is 19.5 Å². The summed E-state index contributed by atoms with van der Waals surface area (Å²) in [5.74, 6) is -1.60. The van der Waals surface area contributed by atoms with Crippen molar-refractivity contribution in [3.8, 4) is 17.2 Å². The molecule has 4 atom stereocenters. The van der Waals surface area contributed by atoms with Crippen LogP contribution in [0, 0.1) is 11.8 Å². The summed E-state index contributed by atoms with van der Waals surface area (Å²) in [5.41, 5.74) is 1.14. The van der Waals surface area contributed by atoms with Crippen LogP contribution in [0.1, 0.15) is 16.7 Å². The molecule has 7 rings (SSSR count). The molecule has 0 bridgehead atoms. The van der Waals surface area contributed by atoms with E-state index in [0.717, 1.165) is 5.56 Å². The molecule has 4 aliphatic rings. The van der Waals surface area contributed by atoms with E-state index in [1.165, 1.54) is 4.90 Å². The van der Waals surface area contributed by atoms with Gasteiger partial charge in [0.25, 0.3) is 0 Å². The van der Waals surface area contributed by atoms with Gasteiger partial charge in [0.05, 0.1) is 29.1 Å². The second-order valence-corrected chi connectivity index (χ2v) is 10.4. The Labute approximate surface area is 222 Å². The third-order valence-corrected chi connectivity index (χ3v) is 8.28.